The van der Waals surface area contributed by atoms with Gasteiger partial charge in [0.05, 0.1) is 64.4 Å². The summed E-state index contributed by atoms with van der Waals surface area (Å²) >= 11 is 0. The van der Waals surface area contributed by atoms with Crippen LogP contribution >= 0.6 is 0 Å². The molecule has 1 N–H and O–H groups in total. The molecule has 0 bridgehead atoms. The zero-order valence-corrected chi connectivity index (χ0v) is 22.8. The molecule has 1 aromatic rings. The Kier molecular flexibility index (Phi) is 18.6. The summed E-state index contributed by atoms with van der Waals surface area (Å²) in [5.74, 6) is 6.07. The summed E-state index contributed by atoms with van der Waals surface area (Å²) in [5, 5.41) is 13.2. The molecule has 0 spiro atoms. The van der Waals surface area contributed by atoms with Crippen LogP contribution < -0.4 is 5.32 Å². The van der Waals surface area contributed by atoms with Crippen LogP contribution in [0.1, 0.15) is 45.6 Å². The highest BCUT2D eigenvalue weighted by Crippen LogP contribution is 2.11. The Bertz CT molecular complexity index is 830. The number of amides is 1. The van der Waals surface area contributed by atoms with Crippen LogP contribution in [0.4, 0.5) is 10.5 Å². The number of hydrogen-bond donors (Lipinski definition) is 1. The van der Waals surface area contributed by atoms with Gasteiger partial charge >= 0.3 is 6.09 Å². The Morgan fingerprint density at radius 1 is 0.816 bits per heavy atom. The first-order chi connectivity index (χ1) is 18.3. The zero-order chi connectivity index (χ0) is 27.9. The molecule has 0 aromatic heterocycles. The van der Waals surface area contributed by atoms with E-state index in [1.165, 1.54) is 12.1 Å². The summed E-state index contributed by atoms with van der Waals surface area (Å²) in [6, 6.07) is 6.23. The topological polar surface area (TPSA) is 128 Å². The van der Waals surface area contributed by atoms with Crippen molar-refractivity contribution >= 4 is 11.8 Å². The number of non-ortho nitro benzene ring substituents is 1. The van der Waals surface area contributed by atoms with Gasteiger partial charge in [-0.05, 0) is 45.7 Å². The second-order valence-electron chi connectivity index (χ2n) is 9.05. The number of rotatable bonds is 20. The fourth-order valence-electron chi connectivity index (χ4n) is 2.77. The Hall–Kier alpha value is -2.75. The number of benzene rings is 1. The van der Waals surface area contributed by atoms with Gasteiger partial charge in [-0.15, -0.1) is 0 Å². The van der Waals surface area contributed by atoms with Crippen molar-refractivity contribution in [1.29, 1.82) is 0 Å². The lowest BCUT2D eigenvalue weighted by Crippen LogP contribution is -2.34. The summed E-state index contributed by atoms with van der Waals surface area (Å²) in [6.45, 7) is 10.7. The molecular formula is C27H42N2O9. The Morgan fingerprint density at radius 3 is 1.82 bits per heavy atom. The summed E-state index contributed by atoms with van der Waals surface area (Å²) in [6.07, 6.45) is 2.13. The van der Waals surface area contributed by atoms with Crippen LogP contribution in [0.2, 0.25) is 0 Å². The summed E-state index contributed by atoms with van der Waals surface area (Å²) in [7, 11) is 0. The maximum absolute atomic E-state index is 11.5. The predicted octanol–water partition coefficient (Wildman–Crippen LogP) is 3.72. The monoisotopic (exact) mass is 538 g/mol. The second kappa shape index (κ2) is 21.2. The molecule has 0 saturated carbocycles. The van der Waals surface area contributed by atoms with Crippen LogP contribution in [0.25, 0.3) is 0 Å². The quantitative estimate of drug-likeness (QED) is 0.114. The average Bonchev–Trinajstić information content (AvgIpc) is 2.86. The van der Waals surface area contributed by atoms with Gasteiger partial charge in [-0.1, -0.05) is 11.8 Å². The molecule has 0 aliphatic carbocycles. The molecule has 0 unspecified atom stereocenters. The SMILES string of the molecule is CC(C)(C)OC(=O)NCCOCCOCCOCCOCCOCCCCC#Cc1ccc([N+](=O)[O-])cc1. The number of ether oxygens (including phenoxy) is 6. The van der Waals surface area contributed by atoms with Crippen LogP contribution in [0.5, 0.6) is 0 Å². The number of nitro benzene ring substituents is 1. The summed E-state index contributed by atoms with van der Waals surface area (Å²) in [4.78, 5) is 21.7. The summed E-state index contributed by atoms with van der Waals surface area (Å²) < 4.78 is 32.4. The van der Waals surface area contributed by atoms with Gasteiger partial charge in [0.15, 0.2) is 0 Å². The van der Waals surface area contributed by atoms with Gasteiger partial charge in [-0.2, -0.15) is 0 Å². The minimum Gasteiger partial charge on any atom is -0.444 e. The molecule has 11 nitrogen and oxygen atoms in total. The highest BCUT2D eigenvalue weighted by Gasteiger charge is 2.15. The predicted molar refractivity (Wildman–Crippen MR) is 142 cm³/mol. The highest BCUT2D eigenvalue weighted by molar-refractivity contribution is 5.67. The molecule has 0 fully saturated rings. The third-order valence-corrected chi connectivity index (χ3v) is 4.55. The molecule has 38 heavy (non-hydrogen) atoms. The van der Waals surface area contributed by atoms with Crippen molar-refractivity contribution < 1.29 is 38.1 Å². The van der Waals surface area contributed by atoms with Crippen molar-refractivity contribution in [2.75, 3.05) is 72.6 Å². The van der Waals surface area contributed by atoms with E-state index in [-0.39, 0.29) is 5.69 Å². The first-order valence-electron chi connectivity index (χ1n) is 12.9. The molecular weight excluding hydrogens is 496 g/mol. The van der Waals surface area contributed by atoms with Crippen molar-refractivity contribution in [2.24, 2.45) is 0 Å². The molecule has 1 amide bonds. The van der Waals surface area contributed by atoms with Crippen molar-refractivity contribution in [1.82, 2.24) is 5.32 Å². The second-order valence-corrected chi connectivity index (χ2v) is 9.05. The van der Waals surface area contributed by atoms with E-state index in [0.717, 1.165) is 24.8 Å². The molecule has 0 saturated heterocycles. The van der Waals surface area contributed by atoms with Crippen LogP contribution in [-0.2, 0) is 28.4 Å². The molecule has 1 aromatic carbocycles. The van der Waals surface area contributed by atoms with E-state index in [4.69, 9.17) is 28.4 Å². The normalized spacial score (nSPS) is 11.0. The smallest absolute Gasteiger partial charge is 0.407 e. The molecule has 0 aliphatic rings. The largest absolute Gasteiger partial charge is 0.444 e. The van der Waals surface area contributed by atoms with Crippen molar-refractivity contribution in [3.8, 4) is 11.8 Å². The van der Waals surface area contributed by atoms with Crippen LogP contribution in [-0.4, -0.2) is 89.2 Å². The van der Waals surface area contributed by atoms with E-state index in [1.807, 2.05) is 20.8 Å². The third kappa shape index (κ3) is 20.3. The van der Waals surface area contributed by atoms with Gasteiger partial charge in [-0.3, -0.25) is 10.1 Å². The molecule has 1 rings (SSSR count). The fourth-order valence-corrected chi connectivity index (χ4v) is 2.77. The van der Waals surface area contributed by atoms with Gasteiger partial charge < -0.3 is 33.7 Å². The zero-order valence-electron chi connectivity index (χ0n) is 22.8. The van der Waals surface area contributed by atoms with Gasteiger partial charge in [0.2, 0.25) is 0 Å². The first-order valence-corrected chi connectivity index (χ1v) is 12.9. The maximum Gasteiger partial charge on any atom is 0.407 e. The number of carbonyl (C=O) groups is 1. The van der Waals surface area contributed by atoms with Crippen LogP contribution in [0.3, 0.4) is 0 Å². The number of carbonyl (C=O) groups excluding carboxylic acids is 1. The first kappa shape index (κ1) is 33.3. The molecule has 11 heteroatoms. The number of nitro groups is 1. The lowest BCUT2D eigenvalue weighted by Gasteiger charge is -2.19. The molecule has 214 valence electrons. The average molecular weight is 539 g/mol. The fraction of sp³-hybridized carbons (Fsp3) is 0.667. The number of hydrogen-bond acceptors (Lipinski definition) is 9. The molecule has 0 radical (unpaired) electrons. The Labute approximate surface area is 225 Å². The Morgan fingerprint density at radius 2 is 1.32 bits per heavy atom. The van der Waals surface area contributed by atoms with E-state index < -0.39 is 16.6 Å². The standard InChI is InChI=1S/C27H42N2O9/c1-27(2,3)38-26(30)28-13-15-34-17-19-36-21-23-37-22-20-35-18-16-33-14-7-5-4-6-8-24-9-11-25(12-10-24)29(31)32/h9-12H,4-5,7,13-23H2,1-3H3,(H,28,30). The van der Waals surface area contributed by atoms with E-state index in [2.05, 4.69) is 17.2 Å². The highest BCUT2D eigenvalue weighted by atomic mass is 16.6. The van der Waals surface area contributed by atoms with E-state index in [0.29, 0.717) is 72.6 Å². The van der Waals surface area contributed by atoms with Gasteiger partial charge in [0.25, 0.3) is 5.69 Å². The lowest BCUT2D eigenvalue weighted by molar-refractivity contribution is -0.384. The minimum absolute atomic E-state index is 0.0666. The Balaban J connectivity index is 1.77. The van der Waals surface area contributed by atoms with E-state index >= 15 is 0 Å². The van der Waals surface area contributed by atoms with E-state index in [1.54, 1.807) is 12.1 Å². The van der Waals surface area contributed by atoms with Crippen LogP contribution in [0.15, 0.2) is 24.3 Å². The van der Waals surface area contributed by atoms with Gasteiger partial charge in [0, 0.05) is 37.3 Å². The molecule has 0 aliphatic heterocycles. The number of alkyl carbamates (subject to hydrolysis) is 1. The number of unbranched alkanes of at least 4 members (excludes halogenated alkanes) is 2. The maximum atomic E-state index is 11.5. The van der Waals surface area contributed by atoms with Crippen LogP contribution in [0, 0.1) is 22.0 Å². The minimum atomic E-state index is -0.512. The molecule has 0 atom stereocenters. The number of nitrogens with zero attached hydrogens (tertiary/aromatic N) is 1. The summed E-state index contributed by atoms with van der Waals surface area (Å²) in [5.41, 5.74) is 0.327. The van der Waals surface area contributed by atoms with Crippen molar-refractivity contribution in [2.45, 2.75) is 45.6 Å². The van der Waals surface area contributed by atoms with Gasteiger partial charge in [-0.25, -0.2) is 4.79 Å². The number of nitrogens with one attached hydrogen (secondary N) is 1. The van der Waals surface area contributed by atoms with Crippen molar-refractivity contribution in [3.63, 3.8) is 0 Å². The van der Waals surface area contributed by atoms with E-state index in [9.17, 15) is 14.9 Å². The molecule has 0 heterocycles. The third-order valence-electron chi connectivity index (χ3n) is 4.55. The van der Waals surface area contributed by atoms with Gasteiger partial charge in [0.1, 0.15) is 5.60 Å². The van der Waals surface area contributed by atoms with Crippen molar-refractivity contribution in [3.05, 3.63) is 39.9 Å². The lowest BCUT2D eigenvalue weighted by atomic mass is 10.2.